The standard InChI is InChI=1S/C27H43N5O2S2/c33-24(31-17-15-30(16-18-31)21-9-7-8-10-21)20-35-25-19-28-26(36-25)29-27(34)32(22-11-3-1-4-12-22)23-13-5-2-6-14-23/h19,21-23H,1-18,20H2,(H,28,29,34). The molecule has 9 heteroatoms. The van der Waals surface area contributed by atoms with E-state index < -0.39 is 0 Å². The van der Waals surface area contributed by atoms with Crippen molar-refractivity contribution in [3.05, 3.63) is 6.20 Å². The smallest absolute Gasteiger partial charge is 0.324 e. The third kappa shape index (κ3) is 6.76. The van der Waals surface area contributed by atoms with E-state index in [-0.39, 0.29) is 11.9 Å². The molecule has 3 aliphatic carbocycles. The second-order valence-corrected chi connectivity index (χ2v) is 13.4. The normalized spacial score (nSPS) is 23.2. The average Bonchev–Trinajstić information content (AvgIpc) is 3.62. The first-order valence-corrected chi connectivity index (χ1v) is 16.2. The molecular formula is C27H43N5O2S2. The molecule has 2 heterocycles. The molecule has 1 aromatic heterocycles. The third-order valence-corrected chi connectivity index (χ3v) is 10.8. The van der Waals surface area contributed by atoms with Crippen LogP contribution in [0.2, 0.25) is 0 Å². The molecule has 0 atom stereocenters. The largest absolute Gasteiger partial charge is 0.339 e. The van der Waals surface area contributed by atoms with Crippen LogP contribution < -0.4 is 5.32 Å². The van der Waals surface area contributed by atoms with E-state index >= 15 is 0 Å². The summed E-state index contributed by atoms with van der Waals surface area (Å²) in [6.07, 6.45) is 19.2. The topological polar surface area (TPSA) is 68.8 Å². The molecule has 5 rings (SSSR count). The Balaban J connectivity index is 1.10. The molecule has 0 spiro atoms. The second-order valence-electron chi connectivity index (χ2n) is 11.0. The molecule has 1 N–H and O–H groups in total. The lowest BCUT2D eigenvalue weighted by Crippen LogP contribution is -2.51. The van der Waals surface area contributed by atoms with Gasteiger partial charge in [0.05, 0.1) is 16.2 Å². The maximum absolute atomic E-state index is 13.4. The van der Waals surface area contributed by atoms with Crippen LogP contribution in [0, 0.1) is 0 Å². The molecule has 7 nitrogen and oxygen atoms in total. The highest BCUT2D eigenvalue weighted by molar-refractivity contribution is 8.01. The van der Waals surface area contributed by atoms with Crippen molar-refractivity contribution < 1.29 is 9.59 Å². The Morgan fingerprint density at radius 3 is 2.08 bits per heavy atom. The summed E-state index contributed by atoms with van der Waals surface area (Å²) in [6.45, 7) is 3.71. The number of nitrogens with zero attached hydrogens (tertiary/aromatic N) is 4. The third-order valence-electron chi connectivity index (χ3n) is 8.71. The maximum Gasteiger partial charge on any atom is 0.324 e. The minimum Gasteiger partial charge on any atom is -0.339 e. The summed E-state index contributed by atoms with van der Waals surface area (Å²) in [4.78, 5) is 37.5. The fraction of sp³-hybridized carbons (Fsp3) is 0.815. The monoisotopic (exact) mass is 533 g/mol. The van der Waals surface area contributed by atoms with Gasteiger partial charge >= 0.3 is 6.03 Å². The first kappa shape index (κ1) is 26.3. The maximum atomic E-state index is 13.4. The van der Waals surface area contributed by atoms with E-state index in [0.717, 1.165) is 62.1 Å². The van der Waals surface area contributed by atoms with E-state index in [0.29, 0.717) is 23.0 Å². The van der Waals surface area contributed by atoms with E-state index in [9.17, 15) is 9.59 Å². The van der Waals surface area contributed by atoms with E-state index in [1.54, 1.807) is 11.8 Å². The van der Waals surface area contributed by atoms with Crippen LogP contribution >= 0.6 is 23.1 Å². The Labute approximate surface area is 224 Å². The van der Waals surface area contributed by atoms with Gasteiger partial charge in [0.2, 0.25) is 5.91 Å². The van der Waals surface area contributed by atoms with Gasteiger partial charge in [0.25, 0.3) is 0 Å². The Hall–Kier alpha value is -1.32. The van der Waals surface area contributed by atoms with Crippen molar-refractivity contribution in [2.45, 2.75) is 112 Å². The minimum atomic E-state index is 0.0240. The van der Waals surface area contributed by atoms with Crippen molar-refractivity contribution in [1.82, 2.24) is 19.7 Å². The predicted octanol–water partition coefficient (Wildman–Crippen LogP) is 5.82. The minimum absolute atomic E-state index is 0.0240. The van der Waals surface area contributed by atoms with Crippen molar-refractivity contribution in [3.8, 4) is 0 Å². The van der Waals surface area contributed by atoms with Crippen molar-refractivity contribution in [1.29, 1.82) is 0 Å². The zero-order valence-corrected chi connectivity index (χ0v) is 23.3. The predicted molar refractivity (Wildman–Crippen MR) is 148 cm³/mol. The molecule has 1 aromatic rings. The summed E-state index contributed by atoms with van der Waals surface area (Å²) in [6, 6.07) is 1.50. The number of thiazole rings is 1. The average molecular weight is 534 g/mol. The van der Waals surface area contributed by atoms with Gasteiger partial charge in [0.15, 0.2) is 5.13 Å². The van der Waals surface area contributed by atoms with Gasteiger partial charge < -0.3 is 9.80 Å². The number of piperazine rings is 1. The molecule has 3 saturated carbocycles. The van der Waals surface area contributed by atoms with Gasteiger partial charge in [0, 0.05) is 44.3 Å². The van der Waals surface area contributed by atoms with Crippen molar-refractivity contribution in [2.24, 2.45) is 0 Å². The molecule has 200 valence electrons. The SMILES string of the molecule is O=C(CSc1cnc(NC(=O)N(C2CCCCC2)C2CCCCC2)s1)N1CCN(C2CCCC2)CC1. The van der Waals surface area contributed by atoms with Gasteiger partial charge in [0.1, 0.15) is 0 Å². The summed E-state index contributed by atoms with van der Waals surface area (Å²) in [5, 5.41) is 3.77. The molecule has 0 bridgehead atoms. The lowest BCUT2D eigenvalue weighted by Gasteiger charge is -2.41. The molecule has 3 amide bonds. The summed E-state index contributed by atoms with van der Waals surface area (Å²) in [5.41, 5.74) is 0. The fourth-order valence-electron chi connectivity index (χ4n) is 6.72. The van der Waals surface area contributed by atoms with Crippen LogP contribution in [0.25, 0.3) is 0 Å². The molecule has 0 unspecified atom stereocenters. The molecule has 1 saturated heterocycles. The van der Waals surface area contributed by atoms with Gasteiger partial charge in [-0.1, -0.05) is 62.7 Å². The highest BCUT2D eigenvalue weighted by atomic mass is 32.2. The Bertz CT molecular complexity index is 836. The second kappa shape index (κ2) is 13.0. The van der Waals surface area contributed by atoms with Gasteiger partial charge in [-0.05, 0) is 38.5 Å². The Morgan fingerprint density at radius 2 is 1.47 bits per heavy atom. The number of hydrogen-bond acceptors (Lipinski definition) is 6. The fourth-order valence-corrected chi connectivity index (χ4v) is 8.48. The van der Waals surface area contributed by atoms with Crippen LogP contribution in [-0.2, 0) is 4.79 Å². The van der Waals surface area contributed by atoms with Crippen molar-refractivity contribution in [3.63, 3.8) is 0 Å². The van der Waals surface area contributed by atoms with Gasteiger partial charge in [-0.2, -0.15) is 0 Å². The number of urea groups is 1. The molecule has 1 aliphatic heterocycles. The van der Waals surface area contributed by atoms with Crippen LogP contribution in [0.4, 0.5) is 9.93 Å². The van der Waals surface area contributed by atoms with E-state index in [1.807, 2.05) is 11.1 Å². The highest BCUT2D eigenvalue weighted by Gasteiger charge is 2.33. The highest BCUT2D eigenvalue weighted by Crippen LogP contribution is 2.33. The van der Waals surface area contributed by atoms with Crippen LogP contribution in [0.1, 0.15) is 89.9 Å². The summed E-state index contributed by atoms with van der Waals surface area (Å²) >= 11 is 3.04. The molecule has 4 aliphatic rings. The zero-order valence-electron chi connectivity index (χ0n) is 21.7. The van der Waals surface area contributed by atoms with Crippen molar-refractivity contribution >= 4 is 40.2 Å². The number of hydrogen-bond donors (Lipinski definition) is 1. The molecule has 0 aromatic carbocycles. The van der Waals surface area contributed by atoms with E-state index in [2.05, 4.69) is 20.1 Å². The number of nitrogens with one attached hydrogen (secondary N) is 1. The lowest BCUT2D eigenvalue weighted by molar-refractivity contribution is -0.130. The lowest BCUT2D eigenvalue weighted by atomic mass is 9.89. The molecule has 4 fully saturated rings. The van der Waals surface area contributed by atoms with Gasteiger partial charge in [-0.3, -0.25) is 15.0 Å². The molecule has 36 heavy (non-hydrogen) atoms. The van der Waals surface area contributed by atoms with Crippen LogP contribution in [0.5, 0.6) is 0 Å². The van der Waals surface area contributed by atoms with Crippen LogP contribution in [0.3, 0.4) is 0 Å². The quantitative estimate of drug-likeness (QED) is 0.447. The number of carbonyl (C=O) groups excluding carboxylic acids is 2. The van der Waals surface area contributed by atoms with E-state index in [1.165, 1.54) is 75.5 Å². The number of amides is 3. The van der Waals surface area contributed by atoms with Crippen molar-refractivity contribution in [2.75, 3.05) is 37.2 Å². The van der Waals surface area contributed by atoms with Crippen LogP contribution in [-0.4, -0.2) is 81.7 Å². The number of anilines is 1. The number of carbonyl (C=O) groups is 2. The number of rotatable bonds is 7. The summed E-state index contributed by atoms with van der Waals surface area (Å²) in [7, 11) is 0. The summed E-state index contributed by atoms with van der Waals surface area (Å²) < 4.78 is 0.991. The molecular weight excluding hydrogens is 490 g/mol. The van der Waals surface area contributed by atoms with Crippen LogP contribution in [0.15, 0.2) is 10.4 Å². The van der Waals surface area contributed by atoms with E-state index in [4.69, 9.17) is 0 Å². The number of thioether (sulfide) groups is 1. The zero-order chi connectivity index (χ0) is 24.7. The molecule has 0 radical (unpaired) electrons. The summed E-state index contributed by atoms with van der Waals surface area (Å²) in [5.74, 6) is 0.653. The van der Waals surface area contributed by atoms with Gasteiger partial charge in [-0.25, -0.2) is 9.78 Å². The first-order valence-electron chi connectivity index (χ1n) is 14.4. The Morgan fingerprint density at radius 1 is 0.889 bits per heavy atom. The Kier molecular flexibility index (Phi) is 9.47. The van der Waals surface area contributed by atoms with Gasteiger partial charge in [-0.15, -0.1) is 11.8 Å². The first-order chi connectivity index (χ1) is 17.7. The number of aromatic nitrogens is 1.